The average molecular weight is 213 g/mol. The van der Waals surface area contributed by atoms with Crippen molar-refractivity contribution in [1.29, 1.82) is 0 Å². The number of carbonyl (C=O) groups is 2. The Morgan fingerprint density at radius 1 is 1.47 bits per heavy atom. The van der Waals surface area contributed by atoms with Gasteiger partial charge in [0, 0.05) is 19.5 Å². The van der Waals surface area contributed by atoms with E-state index in [-0.39, 0.29) is 24.8 Å². The number of aliphatic carboxylic acids is 1. The van der Waals surface area contributed by atoms with Crippen LogP contribution < -0.4 is 0 Å². The first-order valence-corrected chi connectivity index (χ1v) is 4.95. The van der Waals surface area contributed by atoms with Crippen molar-refractivity contribution in [2.24, 2.45) is 5.92 Å². The van der Waals surface area contributed by atoms with Crippen molar-refractivity contribution in [2.45, 2.75) is 26.7 Å². The second-order valence-electron chi connectivity index (χ2n) is 3.97. The highest BCUT2D eigenvalue weighted by Crippen LogP contribution is 2.11. The number of hydrogen-bond acceptors (Lipinski definition) is 2. The van der Waals surface area contributed by atoms with Crippen molar-refractivity contribution in [3.63, 3.8) is 0 Å². The number of hydrogen-bond donors (Lipinski definition) is 1. The Morgan fingerprint density at radius 3 is 2.40 bits per heavy atom. The Hall–Kier alpha value is -1.32. The lowest BCUT2D eigenvalue weighted by molar-refractivity contribution is -0.138. The van der Waals surface area contributed by atoms with Crippen LogP contribution in [0.5, 0.6) is 0 Å². The maximum absolute atomic E-state index is 11.7. The van der Waals surface area contributed by atoms with Crippen LogP contribution in [0.2, 0.25) is 0 Å². The Balaban J connectivity index is 4.07. The Labute approximate surface area is 90.6 Å². The third kappa shape index (κ3) is 5.88. The molecule has 1 unspecified atom stereocenters. The molecule has 0 aliphatic heterocycles. The Kier molecular flexibility index (Phi) is 5.67. The summed E-state index contributed by atoms with van der Waals surface area (Å²) < 4.78 is 0. The molecule has 1 atom stereocenters. The van der Waals surface area contributed by atoms with Gasteiger partial charge in [-0.25, -0.2) is 0 Å². The van der Waals surface area contributed by atoms with Gasteiger partial charge in [-0.2, -0.15) is 0 Å². The van der Waals surface area contributed by atoms with Crippen LogP contribution in [0.4, 0.5) is 0 Å². The molecule has 1 N–H and O–H groups in total. The molecule has 4 heteroatoms. The smallest absolute Gasteiger partial charge is 0.305 e. The number of nitrogens with zero attached hydrogens (tertiary/aromatic N) is 1. The summed E-state index contributed by atoms with van der Waals surface area (Å²) >= 11 is 0. The minimum absolute atomic E-state index is 0.0119. The highest BCUT2D eigenvalue weighted by Gasteiger charge is 2.17. The SMILES string of the molecule is C=C(C)CC(C)C(=O)N(C)CCC(=O)O. The fourth-order valence-electron chi connectivity index (χ4n) is 1.36. The zero-order chi connectivity index (χ0) is 12.0. The van der Waals surface area contributed by atoms with Gasteiger partial charge in [-0.05, 0) is 13.3 Å². The normalized spacial score (nSPS) is 11.9. The van der Waals surface area contributed by atoms with E-state index in [9.17, 15) is 9.59 Å². The molecule has 0 aliphatic rings. The number of allylic oxidation sites excluding steroid dienone is 1. The van der Waals surface area contributed by atoms with Gasteiger partial charge < -0.3 is 10.0 Å². The van der Waals surface area contributed by atoms with Crippen LogP contribution in [0.25, 0.3) is 0 Å². The fourth-order valence-corrected chi connectivity index (χ4v) is 1.36. The van der Waals surface area contributed by atoms with Gasteiger partial charge in [0.1, 0.15) is 0 Å². The minimum atomic E-state index is -0.887. The molecule has 0 bridgehead atoms. The van der Waals surface area contributed by atoms with Crippen LogP contribution in [0.1, 0.15) is 26.7 Å². The lowest BCUT2D eigenvalue weighted by Crippen LogP contribution is -2.33. The summed E-state index contributed by atoms with van der Waals surface area (Å²) in [5, 5.41) is 8.48. The van der Waals surface area contributed by atoms with Crippen LogP contribution in [0.3, 0.4) is 0 Å². The molecular weight excluding hydrogens is 194 g/mol. The van der Waals surface area contributed by atoms with E-state index in [1.54, 1.807) is 7.05 Å². The maximum atomic E-state index is 11.7. The molecule has 4 nitrogen and oxygen atoms in total. The van der Waals surface area contributed by atoms with Gasteiger partial charge in [0.2, 0.25) is 5.91 Å². The van der Waals surface area contributed by atoms with Crippen LogP contribution in [-0.2, 0) is 9.59 Å². The molecule has 0 aromatic heterocycles. The summed E-state index contributed by atoms with van der Waals surface area (Å²) in [5.74, 6) is -1.04. The van der Waals surface area contributed by atoms with Crippen LogP contribution in [0.15, 0.2) is 12.2 Å². The summed E-state index contributed by atoms with van der Waals surface area (Å²) in [5.41, 5.74) is 0.961. The molecule has 0 spiro atoms. The van der Waals surface area contributed by atoms with E-state index in [0.717, 1.165) is 5.57 Å². The van der Waals surface area contributed by atoms with Crippen LogP contribution in [-0.4, -0.2) is 35.5 Å². The van der Waals surface area contributed by atoms with Crippen LogP contribution in [0, 0.1) is 5.92 Å². The summed E-state index contributed by atoms with van der Waals surface area (Å²) in [7, 11) is 1.63. The van der Waals surface area contributed by atoms with E-state index in [0.29, 0.717) is 6.42 Å². The molecule has 0 radical (unpaired) electrons. The second kappa shape index (κ2) is 6.22. The lowest BCUT2D eigenvalue weighted by atomic mass is 10.0. The monoisotopic (exact) mass is 213 g/mol. The fraction of sp³-hybridized carbons (Fsp3) is 0.636. The van der Waals surface area contributed by atoms with Crippen molar-refractivity contribution >= 4 is 11.9 Å². The largest absolute Gasteiger partial charge is 0.481 e. The molecular formula is C11H19NO3. The molecule has 0 fully saturated rings. The van der Waals surface area contributed by atoms with Gasteiger partial charge in [-0.3, -0.25) is 9.59 Å². The molecule has 1 amide bonds. The number of amides is 1. The maximum Gasteiger partial charge on any atom is 0.305 e. The molecule has 0 heterocycles. The Bertz CT molecular complexity index is 261. The Morgan fingerprint density at radius 2 is 2.00 bits per heavy atom. The standard InChI is InChI=1S/C11H19NO3/c1-8(2)7-9(3)11(15)12(4)6-5-10(13)14/h9H,1,5-7H2,2-4H3,(H,13,14). The first kappa shape index (κ1) is 13.7. The lowest BCUT2D eigenvalue weighted by Gasteiger charge is -2.20. The molecule has 0 aromatic rings. The number of rotatable bonds is 6. The van der Waals surface area contributed by atoms with Gasteiger partial charge in [-0.15, -0.1) is 6.58 Å². The summed E-state index contributed by atoms with van der Waals surface area (Å²) in [4.78, 5) is 23.5. The van der Waals surface area contributed by atoms with Crippen molar-refractivity contribution in [2.75, 3.05) is 13.6 Å². The molecule has 0 aromatic carbocycles. The van der Waals surface area contributed by atoms with Crippen LogP contribution >= 0.6 is 0 Å². The summed E-state index contributed by atoms with van der Waals surface area (Å²) in [6.45, 7) is 7.71. The predicted molar refractivity (Wildman–Crippen MR) is 58.5 cm³/mol. The van der Waals surface area contributed by atoms with Crippen molar-refractivity contribution in [3.05, 3.63) is 12.2 Å². The highest BCUT2D eigenvalue weighted by molar-refractivity contribution is 5.79. The first-order valence-electron chi connectivity index (χ1n) is 4.95. The average Bonchev–Trinajstić information content (AvgIpc) is 2.11. The van der Waals surface area contributed by atoms with Crippen molar-refractivity contribution in [3.8, 4) is 0 Å². The topological polar surface area (TPSA) is 57.6 Å². The molecule has 0 rings (SSSR count). The quantitative estimate of drug-likeness (QED) is 0.680. The third-order valence-corrected chi connectivity index (χ3v) is 2.11. The second-order valence-corrected chi connectivity index (χ2v) is 3.97. The van der Waals surface area contributed by atoms with Gasteiger partial charge >= 0.3 is 5.97 Å². The summed E-state index contributed by atoms with van der Waals surface area (Å²) in [6.07, 6.45) is 0.637. The van der Waals surface area contributed by atoms with E-state index >= 15 is 0 Å². The van der Waals surface area contributed by atoms with E-state index in [1.807, 2.05) is 13.8 Å². The number of carbonyl (C=O) groups excluding carboxylic acids is 1. The molecule has 0 aliphatic carbocycles. The predicted octanol–water partition coefficient (Wildman–Crippen LogP) is 1.52. The van der Waals surface area contributed by atoms with Crippen molar-refractivity contribution < 1.29 is 14.7 Å². The number of carboxylic acids is 1. The number of carboxylic acid groups (broad SMARTS) is 1. The molecule has 0 saturated heterocycles. The molecule has 15 heavy (non-hydrogen) atoms. The zero-order valence-corrected chi connectivity index (χ0v) is 9.62. The molecule has 0 saturated carbocycles. The van der Waals surface area contributed by atoms with Gasteiger partial charge in [0.05, 0.1) is 6.42 Å². The van der Waals surface area contributed by atoms with Gasteiger partial charge in [-0.1, -0.05) is 12.5 Å². The first-order chi connectivity index (χ1) is 6.84. The molecule has 86 valence electrons. The van der Waals surface area contributed by atoms with E-state index in [4.69, 9.17) is 5.11 Å². The third-order valence-electron chi connectivity index (χ3n) is 2.11. The van der Waals surface area contributed by atoms with E-state index in [1.165, 1.54) is 4.90 Å². The minimum Gasteiger partial charge on any atom is -0.481 e. The van der Waals surface area contributed by atoms with Crippen molar-refractivity contribution in [1.82, 2.24) is 4.90 Å². The zero-order valence-electron chi connectivity index (χ0n) is 9.62. The van der Waals surface area contributed by atoms with E-state index < -0.39 is 5.97 Å². The highest BCUT2D eigenvalue weighted by atomic mass is 16.4. The van der Waals surface area contributed by atoms with Gasteiger partial charge in [0.25, 0.3) is 0 Å². The van der Waals surface area contributed by atoms with E-state index in [2.05, 4.69) is 6.58 Å². The van der Waals surface area contributed by atoms with Gasteiger partial charge in [0.15, 0.2) is 0 Å². The summed E-state index contributed by atoms with van der Waals surface area (Å²) in [6, 6.07) is 0.